The summed E-state index contributed by atoms with van der Waals surface area (Å²) in [6.45, 7) is 1.70. The first kappa shape index (κ1) is 16.1. The highest BCUT2D eigenvalue weighted by atomic mass is 19.1. The minimum atomic E-state index is -0.487. The number of pyridine rings is 1. The van der Waals surface area contributed by atoms with E-state index in [-0.39, 0.29) is 19.0 Å². The van der Waals surface area contributed by atoms with E-state index in [1.807, 2.05) is 0 Å². The van der Waals surface area contributed by atoms with Gasteiger partial charge in [0.05, 0.1) is 19.3 Å². The largest absolute Gasteiger partial charge is 0.390 e. The summed E-state index contributed by atoms with van der Waals surface area (Å²) in [5, 5.41) is 12.9. The second-order valence-electron chi connectivity index (χ2n) is 5.68. The number of halogens is 1. The van der Waals surface area contributed by atoms with Gasteiger partial charge in [0.1, 0.15) is 23.2 Å². The minimum absolute atomic E-state index is 0.214. The molecule has 0 aromatic carbocycles. The summed E-state index contributed by atoms with van der Waals surface area (Å²) < 4.78 is 20.6. The van der Waals surface area contributed by atoms with Crippen LogP contribution >= 0.6 is 0 Å². The van der Waals surface area contributed by atoms with Gasteiger partial charge in [-0.25, -0.2) is 19.3 Å². The van der Waals surface area contributed by atoms with E-state index in [9.17, 15) is 4.39 Å². The molecule has 4 aromatic heterocycles. The van der Waals surface area contributed by atoms with Crippen LogP contribution in [0.5, 0.6) is 0 Å². The molecule has 0 atom stereocenters. The van der Waals surface area contributed by atoms with Crippen LogP contribution in [0.1, 0.15) is 17.3 Å². The molecule has 10 heteroatoms. The van der Waals surface area contributed by atoms with Crippen LogP contribution in [0, 0.1) is 12.7 Å². The Hall–Kier alpha value is -3.40. The van der Waals surface area contributed by atoms with Gasteiger partial charge in [-0.2, -0.15) is 0 Å². The number of imidazole rings is 1. The third-order valence-electron chi connectivity index (χ3n) is 3.78. The predicted molar refractivity (Wildman–Crippen MR) is 89.2 cm³/mol. The Morgan fingerprint density at radius 1 is 1.23 bits per heavy atom. The van der Waals surface area contributed by atoms with Gasteiger partial charge in [-0.1, -0.05) is 5.16 Å². The zero-order valence-electron chi connectivity index (χ0n) is 13.7. The Bertz CT molecular complexity index is 1110. The molecular weight excluding hydrogens is 341 g/mol. The first-order chi connectivity index (χ1) is 12.5. The van der Waals surface area contributed by atoms with E-state index in [0.29, 0.717) is 39.8 Å². The van der Waals surface area contributed by atoms with Crippen LogP contribution in [0.25, 0.3) is 22.6 Å². The number of hydrogen-bond donors (Lipinski definition) is 2. The van der Waals surface area contributed by atoms with Gasteiger partial charge in [0, 0.05) is 17.8 Å². The van der Waals surface area contributed by atoms with Gasteiger partial charge in [0.2, 0.25) is 0 Å². The number of nitrogens with zero attached hydrogens (tertiary/aromatic N) is 6. The number of rotatable bonds is 4. The Labute approximate surface area is 146 Å². The molecule has 4 heterocycles. The van der Waals surface area contributed by atoms with Crippen LogP contribution in [0.3, 0.4) is 0 Å². The highest BCUT2D eigenvalue weighted by Gasteiger charge is 2.19. The number of hydrogen-bond acceptors (Lipinski definition) is 8. The molecule has 132 valence electrons. The molecule has 26 heavy (non-hydrogen) atoms. The molecule has 0 saturated carbocycles. The fourth-order valence-corrected chi connectivity index (χ4v) is 2.70. The van der Waals surface area contributed by atoms with Gasteiger partial charge in [-0.15, -0.1) is 0 Å². The lowest BCUT2D eigenvalue weighted by Gasteiger charge is -2.07. The molecule has 3 N–H and O–H groups in total. The Morgan fingerprint density at radius 3 is 2.81 bits per heavy atom. The Kier molecular flexibility index (Phi) is 3.81. The summed E-state index contributed by atoms with van der Waals surface area (Å²) in [4.78, 5) is 16.9. The van der Waals surface area contributed by atoms with E-state index in [0.717, 1.165) is 6.20 Å². The SMILES string of the molecule is Cc1nc(N)c2nc(-c3cncc(F)c3)n(Cc3cc(CO)no3)c2n1. The molecule has 0 saturated heterocycles. The molecule has 9 nitrogen and oxygen atoms in total. The molecule has 4 aromatic rings. The maximum atomic E-state index is 13.7. The normalized spacial score (nSPS) is 11.3. The highest BCUT2D eigenvalue weighted by molar-refractivity contribution is 5.85. The summed E-state index contributed by atoms with van der Waals surface area (Å²) >= 11 is 0. The predicted octanol–water partition coefficient (Wildman–Crippen LogP) is 1.45. The fourth-order valence-electron chi connectivity index (χ4n) is 2.70. The van der Waals surface area contributed by atoms with Gasteiger partial charge in [0.25, 0.3) is 0 Å². The number of nitrogens with two attached hydrogens (primary N) is 1. The Morgan fingerprint density at radius 2 is 2.08 bits per heavy atom. The zero-order chi connectivity index (χ0) is 18.3. The van der Waals surface area contributed by atoms with Crippen LogP contribution in [-0.4, -0.2) is 34.8 Å². The van der Waals surface area contributed by atoms with Crippen LogP contribution in [0.2, 0.25) is 0 Å². The van der Waals surface area contributed by atoms with Crippen molar-refractivity contribution in [3.05, 3.63) is 47.6 Å². The van der Waals surface area contributed by atoms with Crippen molar-refractivity contribution in [2.45, 2.75) is 20.1 Å². The van der Waals surface area contributed by atoms with E-state index in [1.54, 1.807) is 17.6 Å². The van der Waals surface area contributed by atoms with Crippen molar-refractivity contribution in [3.63, 3.8) is 0 Å². The first-order valence-corrected chi connectivity index (χ1v) is 7.71. The molecule has 0 spiro atoms. The van der Waals surface area contributed by atoms with E-state index in [2.05, 4.69) is 25.1 Å². The zero-order valence-corrected chi connectivity index (χ0v) is 13.7. The number of aliphatic hydroxyl groups is 1. The summed E-state index contributed by atoms with van der Waals surface area (Å²) in [7, 11) is 0. The van der Waals surface area contributed by atoms with E-state index < -0.39 is 5.82 Å². The summed E-state index contributed by atoms with van der Waals surface area (Å²) in [6, 6.07) is 2.94. The second-order valence-corrected chi connectivity index (χ2v) is 5.68. The number of aryl methyl sites for hydroxylation is 1. The average Bonchev–Trinajstić information content (AvgIpc) is 3.20. The van der Waals surface area contributed by atoms with Crippen LogP contribution < -0.4 is 5.73 Å². The van der Waals surface area contributed by atoms with Gasteiger partial charge >= 0.3 is 0 Å². The number of fused-ring (bicyclic) bond motifs is 1. The maximum Gasteiger partial charge on any atom is 0.166 e. The van der Waals surface area contributed by atoms with Gasteiger partial charge in [0.15, 0.2) is 22.7 Å². The van der Waals surface area contributed by atoms with Crippen molar-refractivity contribution < 1.29 is 14.0 Å². The van der Waals surface area contributed by atoms with Crippen LogP contribution in [0.15, 0.2) is 29.0 Å². The summed E-state index contributed by atoms with van der Waals surface area (Å²) in [6.07, 6.45) is 2.61. The standard InChI is InChI=1S/C16H14FN7O2/c1-8-20-14(18)13-16(21-8)24(6-12-3-11(7-25)23-26-12)15(22-13)9-2-10(17)5-19-4-9/h2-5,25H,6-7H2,1H3,(H2,18,20,21). The number of aromatic nitrogens is 6. The van der Waals surface area contributed by atoms with Crippen molar-refractivity contribution in [1.29, 1.82) is 0 Å². The Balaban J connectivity index is 1.93. The topological polar surface area (TPSA) is 129 Å². The van der Waals surface area contributed by atoms with E-state index in [4.69, 9.17) is 15.4 Å². The van der Waals surface area contributed by atoms with Crippen molar-refractivity contribution >= 4 is 17.0 Å². The molecule has 0 bridgehead atoms. The average molecular weight is 355 g/mol. The van der Waals surface area contributed by atoms with Crippen molar-refractivity contribution in [2.24, 2.45) is 0 Å². The molecule has 0 fully saturated rings. The highest BCUT2D eigenvalue weighted by Crippen LogP contribution is 2.27. The van der Waals surface area contributed by atoms with Crippen LogP contribution in [-0.2, 0) is 13.2 Å². The third-order valence-corrected chi connectivity index (χ3v) is 3.78. The monoisotopic (exact) mass is 355 g/mol. The minimum Gasteiger partial charge on any atom is -0.390 e. The quantitative estimate of drug-likeness (QED) is 0.563. The molecule has 0 aliphatic carbocycles. The van der Waals surface area contributed by atoms with Gasteiger partial charge in [-0.05, 0) is 13.0 Å². The number of nitrogen functional groups attached to an aromatic ring is 1. The molecule has 4 rings (SSSR count). The molecule has 0 aliphatic rings. The molecule has 0 radical (unpaired) electrons. The maximum absolute atomic E-state index is 13.7. The number of anilines is 1. The third kappa shape index (κ3) is 2.75. The lowest BCUT2D eigenvalue weighted by Crippen LogP contribution is -2.04. The molecule has 0 aliphatic heterocycles. The summed E-state index contributed by atoms with van der Waals surface area (Å²) in [5.74, 6) is 1.12. The lowest BCUT2D eigenvalue weighted by molar-refractivity contribution is 0.265. The van der Waals surface area contributed by atoms with Crippen LogP contribution in [0.4, 0.5) is 10.2 Å². The summed E-state index contributed by atoms with van der Waals surface area (Å²) in [5.41, 5.74) is 7.73. The molecular formula is C16H14FN7O2. The van der Waals surface area contributed by atoms with Crippen molar-refractivity contribution in [3.8, 4) is 11.4 Å². The lowest BCUT2D eigenvalue weighted by atomic mass is 10.2. The molecule has 0 amide bonds. The van der Waals surface area contributed by atoms with E-state index in [1.165, 1.54) is 12.3 Å². The molecule has 0 unspecified atom stereocenters. The smallest absolute Gasteiger partial charge is 0.166 e. The van der Waals surface area contributed by atoms with Gasteiger partial charge in [-0.3, -0.25) is 4.98 Å². The van der Waals surface area contributed by atoms with Gasteiger partial charge < -0.3 is 19.9 Å². The van der Waals surface area contributed by atoms with Crippen molar-refractivity contribution in [1.82, 2.24) is 29.7 Å². The number of aliphatic hydroxyl groups excluding tert-OH is 1. The second kappa shape index (κ2) is 6.15. The first-order valence-electron chi connectivity index (χ1n) is 7.71. The van der Waals surface area contributed by atoms with E-state index >= 15 is 0 Å². The fraction of sp³-hybridized carbons (Fsp3) is 0.188. The van der Waals surface area contributed by atoms with Crippen molar-refractivity contribution in [2.75, 3.05) is 5.73 Å².